The summed E-state index contributed by atoms with van der Waals surface area (Å²) in [4.78, 5) is 4.24. The Bertz CT molecular complexity index is 537. The van der Waals surface area contributed by atoms with Gasteiger partial charge >= 0.3 is 0 Å². The largest absolute Gasteiger partial charge is 0.378 e. The smallest absolute Gasteiger partial charge is 0.128 e. The van der Waals surface area contributed by atoms with E-state index in [-0.39, 0.29) is 0 Å². The molecule has 1 aromatic carbocycles. The second-order valence-electron chi connectivity index (χ2n) is 3.87. The Morgan fingerprint density at radius 3 is 2.88 bits per heavy atom. The van der Waals surface area contributed by atoms with E-state index in [4.69, 9.17) is 11.6 Å². The normalized spacial score (nSPS) is 10.6. The standard InChI is InChI=1S/C12H13BrClN3/c1-8-3-4-9(13)5-10(8)15-7-12-16-6-11(14)17(12)2/h3-6,15H,7H2,1-2H3. The van der Waals surface area contributed by atoms with Crippen molar-refractivity contribution in [3.8, 4) is 0 Å². The molecule has 0 unspecified atom stereocenters. The third-order valence-corrected chi connectivity index (χ3v) is 3.51. The summed E-state index contributed by atoms with van der Waals surface area (Å²) in [5, 5.41) is 4.00. The van der Waals surface area contributed by atoms with Gasteiger partial charge in [0, 0.05) is 17.2 Å². The predicted molar refractivity (Wildman–Crippen MR) is 74.4 cm³/mol. The van der Waals surface area contributed by atoms with Crippen LogP contribution in [0.4, 0.5) is 5.69 Å². The van der Waals surface area contributed by atoms with Crippen LogP contribution in [0.2, 0.25) is 5.15 Å². The molecule has 0 bridgehead atoms. The molecule has 17 heavy (non-hydrogen) atoms. The van der Waals surface area contributed by atoms with Crippen molar-refractivity contribution in [2.75, 3.05) is 5.32 Å². The Kier molecular flexibility index (Phi) is 3.74. The number of imidazole rings is 1. The molecule has 0 aliphatic rings. The highest BCUT2D eigenvalue weighted by atomic mass is 79.9. The molecule has 0 amide bonds. The molecule has 1 heterocycles. The molecule has 0 radical (unpaired) electrons. The first kappa shape index (κ1) is 12.5. The van der Waals surface area contributed by atoms with Crippen LogP contribution in [0, 0.1) is 6.92 Å². The lowest BCUT2D eigenvalue weighted by Gasteiger charge is -2.10. The van der Waals surface area contributed by atoms with Gasteiger partial charge in [-0.05, 0) is 24.6 Å². The van der Waals surface area contributed by atoms with Crippen molar-refractivity contribution in [2.24, 2.45) is 7.05 Å². The van der Waals surface area contributed by atoms with Gasteiger partial charge in [-0.1, -0.05) is 33.6 Å². The quantitative estimate of drug-likeness (QED) is 0.935. The molecule has 5 heteroatoms. The molecule has 90 valence electrons. The van der Waals surface area contributed by atoms with Crippen LogP contribution in [0.15, 0.2) is 28.9 Å². The maximum absolute atomic E-state index is 5.93. The number of halogens is 2. The first-order chi connectivity index (χ1) is 8.08. The summed E-state index contributed by atoms with van der Waals surface area (Å²) < 4.78 is 2.92. The van der Waals surface area contributed by atoms with E-state index in [1.807, 2.05) is 17.7 Å². The molecule has 0 aliphatic carbocycles. The number of aryl methyl sites for hydroxylation is 1. The van der Waals surface area contributed by atoms with Gasteiger partial charge in [-0.25, -0.2) is 4.98 Å². The summed E-state index contributed by atoms with van der Waals surface area (Å²) >= 11 is 9.39. The molecular formula is C12H13BrClN3. The summed E-state index contributed by atoms with van der Waals surface area (Å²) in [6, 6.07) is 6.15. The first-order valence-electron chi connectivity index (χ1n) is 5.24. The number of hydrogen-bond donors (Lipinski definition) is 1. The fraction of sp³-hybridized carbons (Fsp3) is 0.250. The number of hydrogen-bond acceptors (Lipinski definition) is 2. The van der Waals surface area contributed by atoms with Gasteiger partial charge < -0.3 is 9.88 Å². The van der Waals surface area contributed by atoms with Crippen molar-refractivity contribution >= 4 is 33.2 Å². The van der Waals surface area contributed by atoms with Gasteiger partial charge in [-0.2, -0.15) is 0 Å². The van der Waals surface area contributed by atoms with Crippen molar-refractivity contribution in [1.82, 2.24) is 9.55 Å². The SMILES string of the molecule is Cc1ccc(Br)cc1NCc1ncc(Cl)n1C. The van der Waals surface area contributed by atoms with E-state index in [1.165, 1.54) is 5.56 Å². The average molecular weight is 315 g/mol. The lowest BCUT2D eigenvalue weighted by atomic mass is 10.2. The Morgan fingerprint density at radius 1 is 1.47 bits per heavy atom. The molecule has 2 rings (SSSR count). The van der Waals surface area contributed by atoms with Gasteiger partial charge in [-0.3, -0.25) is 0 Å². The molecule has 0 fully saturated rings. The molecule has 0 atom stereocenters. The molecular weight excluding hydrogens is 302 g/mol. The summed E-state index contributed by atoms with van der Waals surface area (Å²) in [5.41, 5.74) is 2.30. The fourth-order valence-electron chi connectivity index (χ4n) is 1.55. The van der Waals surface area contributed by atoms with Crippen molar-refractivity contribution in [1.29, 1.82) is 0 Å². The minimum Gasteiger partial charge on any atom is -0.378 e. The molecule has 2 aromatic rings. The van der Waals surface area contributed by atoms with Crippen LogP contribution in [0.5, 0.6) is 0 Å². The number of anilines is 1. The number of benzene rings is 1. The third kappa shape index (κ3) is 2.82. The summed E-state index contributed by atoms with van der Waals surface area (Å²) in [6.45, 7) is 2.72. The van der Waals surface area contributed by atoms with Gasteiger partial charge in [0.05, 0.1) is 12.7 Å². The van der Waals surface area contributed by atoms with Crippen LogP contribution in [0.25, 0.3) is 0 Å². The average Bonchev–Trinajstić information content (AvgIpc) is 2.62. The molecule has 3 nitrogen and oxygen atoms in total. The van der Waals surface area contributed by atoms with Gasteiger partial charge in [0.1, 0.15) is 11.0 Å². The first-order valence-corrected chi connectivity index (χ1v) is 6.41. The van der Waals surface area contributed by atoms with Crippen LogP contribution in [0.1, 0.15) is 11.4 Å². The maximum Gasteiger partial charge on any atom is 0.128 e. The minimum absolute atomic E-state index is 0.646. The molecule has 0 aliphatic heterocycles. The topological polar surface area (TPSA) is 29.9 Å². The van der Waals surface area contributed by atoms with Crippen LogP contribution in [-0.4, -0.2) is 9.55 Å². The van der Waals surface area contributed by atoms with E-state index in [9.17, 15) is 0 Å². The highest BCUT2D eigenvalue weighted by Gasteiger charge is 2.05. The number of nitrogens with zero attached hydrogens (tertiary/aromatic N) is 2. The van der Waals surface area contributed by atoms with Crippen molar-refractivity contribution in [3.05, 3.63) is 45.4 Å². The Labute approximate surface area is 114 Å². The van der Waals surface area contributed by atoms with Crippen molar-refractivity contribution < 1.29 is 0 Å². The van der Waals surface area contributed by atoms with E-state index in [1.54, 1.807) is 6.20 Å². The zero-order valence-electron chi connectivity index (χ0n) is 9.67. The zero-order valence-corrected chi connectivity index (χ0v) is 12.0. The lowest BCUT2D eigenvalue weighted by Crippen LogP contribution is -2.06. The molecule has 0 spiro atoms. The molecule has 0 saturated heterocycles. The molecule has 0 saturated carbocycles. The van der Waals surface area contributed by atoms with E-state index < -0.39 is 0 Å². The van der Waals surface area contributed by atoms with Gasteiger partial charge in [0.25, 0.3) is 0 Å². The van der Waals surface area contributed by atoms with Crippen molar-refractivity contribution in [3.63, 3.8) is 0 Å². The number of rotatable bonds is 3. The predicted octanol–water partition coefficient (Wildman–Crippen LogP) is 3.76. The van der Waals surface area contributed by atoms with Crippen molar-refractivity contribution in [2.45, 2.75) is 13.5 Å². The minimum atomic E-state index is 0.646. The molecule has 1 N–H and O–H groups in total. The second-order valence-corrected chi connectivity index (χ2v) is 5.17. The summed E-state index contributed by atoms with van der Waals surface area (Å²) in [5.74, 6) is 0.911. The van der Waals surface area contributed by atoms with E-state index in [0.717, 1.165) is 16.0 Å². The highest BCUT2D eigenvalue weighted by Crippen LogP contribution is 2.21. The monoisotopic (exact) mass is 313 g/mol. The van der Waals surface area contributed by atoms with E-state index >= 15 is 0 Å². The van der Waals surface area contributed by atoms with Crippen LogP contribution >= 0.6 is 27.5 Å². The second kappa shape index (κ2) is 5.10. The van der Waals surface area contributed by atoms with E-state index in [0.29, 0.717) is 11.7 Å². The maximum atomic E-state index is 5.93. The number of aromatic nitrogens is 2. The van der Waals surface area contributed by atoms with Gasteiger partial charge in [0.15, 0.2) is 0 Å². The van der Waals surface area contributed by atoms with Gasteiger partial charge in [0.2, 0.25) is 0 Å². The Hall–Kier alpha value is -1.00. The van der Waals surface area contributed by atoms with E-state index in [2.05, 4.69) is 45.3 Å². The summed E-state index contributed by atoms with van der Waals surface area (Å²) in [7, 11) is 1.90. The Balaban J connectivity index is 2.12. The Morgan fingerprint density at radius 2 is 2.24 bits per heavy atom. The lowest BCUT2D eigenvalue weighted by molar-refractivity contribution is 0.813. The van der Waals surface area contributed by atoms with Gasteiger partial charge in [-0.15, -0.1) is 0 Å². The highest BCUT2D eigenvalue weighted by molar-refractivity contribution is 9.10. The zero-order chi connectivity index (χ0) is 12.4. The van der Waals surface area contributed by atoms with Crippen LogP contribution in [0.3, 0.4) is 0 Å². The summed E-state index contributed by atoms with van der Waals surface area (Å²) in [6.07, 6.45) is 1.66. The molecule has 1 aromatic heterocycles. The van der Waals surface area contributed by atoms with Crippen LogP contribution in [-0.2, 0) is 13.6 Å². The third-order valence-electron chi connectivity index (χ3n) is 2.66. The number of nitrogens with one attached hydrogen (secondary N) is 1. The van der Waals surface area contributed by atoms with Crippen LogP contribution < -0.4 is 5.32 Å². The fourth-order valence-corrected chi connectivity index (χ4v) is 2.05.